The van der Waals surface area contributed by atoms with Crippen molar-refractivity contribution in [3.05, 3.63) is 70.9 Å². The lowest BCUT2D eigenvalue weighted by Gasteiger charge is -2.41. The first-order valence-electron chi connectivity index (χ1n) is 9.49. The molecule has 1 atom stereocenters. The molecule has 0 bridgehead atoms. The van der Waals surface area contributed by atoms with Crippen LogP contribution in [0.15, 0.2) is 59.8 Å². The molecule has 3 aromatic rings. The molecule has 7 heteroatoms. The molecule has 0 aliphatic carbocycles. The Bertz CT molecular complexity index is 989. The second kappa shape index (κ2) is 7.90. The predicted octanol–water partition coefficient (Wildman–Crippen LogP) is 1.95. The summed E-state index contributed by atoms with van der Waals surface area (Å²) in [4.78, 5) is 30.1. The van der Waals surface area contributed by atoms with E-state index in [4.69, 9.17) is 4.98 Å². The fourth-order valence-electron chi connectivity index (χ4n) is 3.67. The molecule has 1 saturated heterocycles. The van der Waals surface area contributed by atoms with Gasteiger partial charge in [0.25, 0.3) is 5.56 Å². The van der Waals surface area contributed by atoms with Gasteiger partial charge in [0.15, 0.2) is 0 Å². The van der Waals surface area contributed by atoms with Crippen LogP contribution in [0.2, 0.25) is 0 Å². The average Bonchev–Trinajstić information content (AvgIpc) is 2.72. The Morgan fingerprint density at radius 1 is 1.11 bits per heavy atom. The maximum Gasteiger partial charge on any atom is 0.255 e. The maximum absolute atomic E-state index is 12.5. The van der Waals surface area contributed by atoms with E-state index in [1.165, 1.54) is 18.0 Å². The van der Waals surface area contributed by atoms with Crippen LogP contribution in [-0.2, 0) is 13.6 Å². The summed E-state index contributed by atoms with van der Waals surface area (Å²) >= 11 is 0. The molecular weight excluding hydrogens is 352 g/mol. The minimum absolute atomic E-state index is 0.0856. The van der Waals surface area contributed by atoms with Gasteiger partial charge in [0.05, 0.1) is 11.4 Å². The first kappa shape index (κ1) is 18.3. The van der Waals surface area contributed by atoms with Gasteiger partial charge in [0.2, 0.25) is 5.95 Å². The van der Waals surface area contributed by atoms with E-state index in [2.05, 4.69) is 51.0 Å². The van der Waals surface area contributed by atoms with Crippen molar-refractivity contribution in [3.8, 4) is 11.4 Å². The molecule has 4 rings (SSSR count). The van der Waals surface area contributed by atoms with Crippen molar-refractivity contribution in [1.82, 2.24) is 24.4 Å². The lowest BCUT2D eigenvalue weighted by molar-refractivity contribution is 0.219. The number of hydrogen-bond donors (Lipinski definition) is 0. The minimum Gasteiger partial charge on any atom is -0.337 e. The zero-order valence-electron chi connectivity index (χ0n) is 16.2. The second-order valence-electron chi connectivity index (χ2n) is 7.20. The van der Waals surface area contributed by atoms with Gasteiger partial charge in [-0.05, 0) is 18.6 Å². The number of aromatic nitrogens is 4. The van der Waals surface area contributed by atoms with Crippen LogP contribution in [0.4, 0.5) is 5.95 Å². The molecule has 0 radical (unpaired) electrons. The van der Waals surface area contributed by atoms with Crippen LogP contribution in [0.1, 0.15) is 12.5 Å². The second-order valence-corrected chi connectivity index (χ2v) is 7.20. The Morgan fingerprint density at radius 3 is 2.64 bits per heavy atom. The van der Waals surface area contributed by atoms with E-state index in [0.717, 1.165) is 26.2 Å². The fourth-order valence-corrected chi connectivity index (χ4v) is 3.67. The SMILES string of the molecule is C[C@@H]1CN(Cc2ccccc2)CCN1c1nc(-c2ccncn2)cc(=O)n1C. The van der Waals surface area contributed by atoms with Crippen LogP contribution in [-0.4, -0.2) is 50.1 Å². The number of piperazine rings is 1. The zero-order valence-corrected chi connectivity index (χ0v) is 16.2. The number of hydrogen-bond acceptors (Lipinski definition) is 6. The maximum atomic E-state index is 12.5. The third kappa shape index (κ3) is 3.80. The van der Waals surface area contributed by atoms with Crippen molar-refractivity contribution in [3.63, 3.8) is 0 Å². The minimum atomic E-state index is -0.0856. The highest BCUT2D eigenvalue weighted by Gasteiger charge is 2.27. The van der Waals surface area contributed by atoms with Gasteiger partial charge in [-0.25, -0.2) is 15.0 Å². The van der Waals surface area contributed by atoms with Gasteiger partial charge in [0.1, 0.15) is 6.33 Å². The van der Waals surface area contributed by atoms with Crippen molar-refractivity contribution in [2.75, 3.05) is 24.5 Å². The lowest BCUT2D eigenvalue weighted by atomic mass is 10.1. The molecule has 1 aliphatic rings. The van der Waals surface area contributed by atoms with Crippen molar-refractivity contribution in [1.29, 1.82) is 0 Å². The van der Waals surface area contributed by atoms with Crippen molar-refractivity contribution < 1.29 is 0 Å². The van der Waals surface area contributed by atoms with Crippen LogP contribution in [0.25, 0.3) is 11.4 Å². The van der Waals surface area contributed by atoms with E-state index in [1.54, 1.807) is 23.9 Å². The van der Waals surface area contributed by atoms with Gasteiger partial charge in [-0.15, -0.1) is 0 Å². The van der Waals surface area contributed by atoms with Gasteiger partial charge >= 0.3 is 0 Å². The van der Waals surface area contributed by atoms with Gasteiger partial charge in [0, 0.05) is 51.5 Å². The first-order chi connectivity index (χ1) is 13.6. The predicted molar refractivity (Wildman–Crippen MR) is 109 cm³/mol. The highest BCUT2D eigenvalue weighted by atomic mass is 16.1. The highest BCUT2D eigenvalue weighted by Crippen LogP contribution is 2.21. The molecule has 0 N–H and O–H groups in total. The topological polar surface area (TPSA) is 67.2 Å². The van der Waals surface area contributed by atoms with E-state index in [1.807, 2.05) is 6.07 Å². The molecule has 144 valence electrons. The summed E-state index contributed by atoms with van der Waals surface area (Å²) in [6.45, 7) is 5.78. The summed E-state index contributed by atoms with van der Waals surface area (Å²) in [5.41, 5.74) is 2.47. The number of nitrogens with zero attached hydrogens (tertiary/aromatic N) is 6. The van der Waals surface area contributed by atoms with E-state index in [-0.39, 0.29) is 11.6 Å². The normalized spacial score (nSPS) is 17.6. The zero-order chi connectivity index (χ0) is 19.5. The molecular formula is C21H24N6O. The summed E-state index contributed by atoms with van der Waals surface area (Å²) in [7, 11) is 1.78. The summed E-state index contributed by atoms with van der Waals surface area (Å²) < 4.78 is 1.62. The Labute approximate surface area is 164 Å². The van der Waals surface area contributed by atoms with Gasteiger partial charge in [-0.2, -0.15) is 0 Å². The monoisotopic (exact) mass is 376 g/mol. The average molecular weight is 376 g/mol. The Hall–Kier alpha value is -3.06. The Kier molecular flexibility index (Phi) is 5.16. The molecule has 1 aliphatic heterocycles. The summed E-state index contributed by atoms with van der Waals surface area (Å²) in [6.07, 6.45) is 3.13. The number of anilines is 1. The Balaban J connectivity index is 1.56. The molecule has 0 unspecified atom stereocenters. The van der Waals surface area contributed by atoms with E-state index in [9.17, 15) is 4.79 Å². The van der Waals surface area contributed by atoms with Crippen molar-refractivity contribution in [2.45, 2.75) is 19.5 Å². The standard InChI is InChI=1S/C21H24N6O/c1-16-13-26(14-17-6-4-3-5-7-17)10-11-27(16)21-24-19(12-20(28)25(21)2)18-8-9-22-15-23-18/h3-9,12,15-16H,10-11,13-14H2,1-2H3/t16-/m1/s1. The molecule has 1 aromatic carbocycles. The summed E-state index contributed by atoms with van der Waals surface area (Å²) in [5.74, 6) is 0.688. The van der Waals surface area contributed by atoms with Crippen LogP contribution in [0.3, 0.4) is 0 Å². The van der Waals surface area contributed by atoms with E-state index >= 15 is 0 Å². The number of rotatable bonds is 4. The van der Waals surface area contributed by atoms with Crippen LogP contribution in [0, 0.1) is 0 Å². The molecule has 2 aromatic heterocycles. The molecule has 0 amide bonds. The van der Waals surface area contributed by atoms with Gasteiger partial charge in [-0.1, -0.05) is 30.3 Å². The smallest absolute Gasteiger partial charge is 0.255 e. The third-order valence-electron chi connectivity index (χ3n) is 5.17. The highest BCUT2D eigenvalue weighted by molar-refractivity contribution is 5.55. The van der Waals surface area contributed by atoms with Gasteiger partial charge in [-0.3, -0.25) is 14.3 Å². The molecule has 0 saturated carbocycles. The van der Waals surface area contributed by atoms with Crippen molar-refractivity contribution >= 4 is 5.95 Å². The van der Waals surface area contributed by atoms with Gasteiger partial charge < -0.3 is 4.90 Å². The number of benzene rings is 1. The molecule has 0 spiro atoms. The van der Waals surface area contributed by atoms with Crippen LogP contribution in [0.5, 0.6) is 0 Å². The van der Waals surface area contributed by atoms with E-state index in [0.29, 0.717) is 17.3 Å². The van der Waals surface area contributed by atoms with Crippen LogP contribution >= 0.6 is 0 Å². The molecule has 7 nitrogen and oxygen atoms in total. The molecule has 3 heterocycles. The van der Waals surface area contributed by atoms with Crippen molar-refractivity contribution in [2.24, 2.45) is 7.05 Å². The first-order valence-corrected chi connectivity index (χ1v) is 9.49. The summed E-state index contributed by atoms with van der Waals surface area (Å²) in [6, 6.07) is 14.1. The van der Waals surface area contributed by atoms with Crippen LogP contribution < -0.4 is 10.5 Å². The quantitative estimate of drug-likeness (QED) is 0.693. The molecule has 1 fully saturated rings. The summed E-state index contributed by atoms with van der Waals surface area (Å²) in [5, 5.41) is 0. The Morgan fingerprint density at radius 2 is 1.93 bits per heavy atom. The largest absolute Gasteiger partial charge is 0.337 e. The third-order valence-corrected chi connectivity index (χ3v) is 5.17. The lowest BCUT2D eigenvalue weighted by Crippen LogP contribution is -2.53. The van der Waals surface area contributed by atoms with E-state index < -0.39 is 0 Å². The fraction of sp³-hybridized carbons (Fsp3) is 0.333. The molecule has 28 heavy (non-hydrogen) atoms.